The van der Waals surface area contributed by atoms with E-state index in [2.05, 4.69) is 15.2 Å². The first-order chi connectivity index (χ1) is 16.0. The Morgan fingerprint density at radius 3 is 2.27 bits per heavy atom. The monoisotopic (exact) mass is 452 g/mol. The topological polar surface area (TPSA) is 96.7 Å². The molecule has 2 heterocycles. The molecule has 2 N–H and O–H groups in total. The van der Waals surface area contributed by atoms with E-state index in [1.165, 1.54) is 40.7 Å². The van der Waals surface area contributed by atoms with Crippen LogP contribution in [0.5, 0.6) is 5.75 Å². The highest BCUT2D eigenvalue weighted by atomic mass is 19.1. The summed E-state index contributed by atoms with van der Waals surface area (Å²) in [6, 6.07) is 13.5. The van der Waals surface area contributed by atoms with Crippen LogP contribution < -0.4 is 10.9 Å². The molecule has 33 heavy (non-hydrogen) atoms. The zero-order valence-electron chi connectivity index (χ0n) is 18.0. The first-order valence-electron chi connectivity index (χ1n) is 10.7. The fourth-order valence-corrected chi connectivity index (χ4v) is 3.59. The highest BCUT2D eigenvalue weighted by Crippen LogP contribution is 2.12. The third kappa shape index (κ3) is 5.82. The number of nitrogens with zero attached hydrogens (tertiary/aromatic N) is 3. The van der Waals surface area contributed by atoms with Crippen LogP contribution in [0.25, 0.3) is 0 Å². The van der Waals surface area contributed by atoms with Crippen molar-refractivity contribution in [3.8, 4) is 5.75 Å². The van der Waals surface area contributed by atoms with Crippen molar-refractivity contribution in [2.45, 2.75) is 19.6 Å². The molecule has 0 unspecified atom stereocenters. The van der Waals surface area contributed by atoms with Gasteiger partial charge in [0.2, 0.25) is 5.75 Å². The summed E-state index contributed by atoms with van der Waals surface area (Å²) in [5, 5.41) is 12.8. The molecule has 1 saturated heterocycles. The number of benzene rings is 2. The molecule has 1 aliphatic rings. The molecule has 172 valence electrons. The van der Waals surface area contributed by atoms with E-state index >= 15 is 0 Å². The normalized spacial score (nSPS) is 14.2. The van der Waals surface area contributed by atoms with E-state index in [9.17, 15) is 19.1 Å². The van der Waals surface area contributed by atoms with Crippen LogP contribution in [0.15, 0.2) is 59.7 Å². The van der Waals surface area contributed by atoms with E-state index in [4.69, 9.17) is 4.74 Å². The SMILES string of the molecule is O=C(NCc1ccc(F)cc1)c1ncn(Cc2ccc(CN3CCOCC3)cc2)c(=O)c1O. The molecule has 2 aromatic carbocycles. The first kappa shape index (κ1) is 22.6. The van der Waals surface area contributed by atoms with Crippen LogP contribution in [0.4, 0.5) is 4.39 Å². The zero-order chi connectivity index (χ0) is 23.2. The molecule has 1 aromatic heterocycles. The number of aromatic nitrogens is 2. The van der Waals surface area contributed by atoms with Crippen LogP contribution in [-0.2, 0) is 24.4 Å². The van der Waals surface area contributed by atoms with Crippen molar-refractivity contribution >= 4 is 5.91 Å². The van der Waals surface area contributed by atoms with Gasteiger partial charge in [-0.1, -0.05) is 36.4 Å². The van der Waals surface area contributed by atoms with Gasteiger partial charge >= 0.3 is 0 Å². The number of carbonyl (C=O) groups excluding carboxylic acids is 1. The minimum Gasteiger partial charge on any atom is -0.501 e. The fraction of sp³-hybridized carbons (Fsp3) is 0.292. The summed E-state index contributed by atoms with van der Waals surface area (Å²) in [5.41, 5.74) is 1.67. The van der Waals surface area contributed by atoms with Crippen LogP contribution in [0.2, 0.25) is 0 Å². The maximum atomic E-state index is 13.0. The molecule has 0 radical (unpaired) electrons. The smallest absolute Gasteiger partial charge is 0.296 e. The number of ether oxygens (including phenoxy) is 1. The summed E-state index contributed by atoms with van der Waals surface area (Å²) >= 11 is 0. The molecule has 0 bridgehead atoms. The predicted octanol–water partition coefficient (Wildman–Crippen LogP) is 1.90. The quantitative estimate of drug-likeness (QED) is 0.569. The Labute approximate surface area is 190 Å². The van der Waals surface area contributed by atoms with Crippen LogP contribution in [0, 0.1) is 5.82 Å². The maximum absolute atomic E-state index is 13.0. The Morgan fingerprint density at radius 2 is 1.61 bits per heavy atom. The van der Waals surface area contributed by atoms with E-state index < -0.39 is 17.2 Å². The molecule has 1 aliphatic heterocycles. The van der Waals surface area contributed by atoms with Gasteiger partial charge in [0.05, 0.1) is 26.1 Å². The Balaban J connectivity index is 1.38. The van der Waals surface area contributed by atoms with Gasteiger partial charge in [0.1, 0.15) is 5.82 Å². The average Bonchev–Trinajstić information content (AvgIpc) is 2.83. The van der Waals surface area contributed by atoms with Crippen molar-refractivity contribution in [3.05, 3.63) is 93.4 Å². The number of carbonyl (C=O) groups is 1. The van der Waals surface area contributed by atoms with Gasteiger partial charge in [0.25, 0.3) is 11.5 Å². The number of rotatable bonds is 7. The standard InChI is InChI=1S/C24H25FN4O4/c25-20-7-5-17(6-8-20)13-26-23(31)21-22(30)24(32)29(16-27-21)15-19-3-1-18(2-4-19)14-28-9-11-33-12-10-28/h1-8,16,30H,9-15H2,(H,26,31). The van der Waals surface area contributed by atoms with E-state index in [1.807, 2.05) is 24.3 Å². The van der Waals surface area contributed by atoms with Gasteiger partial charge in [0, 0.05) is 26.2 Å². The molecule has 0 saturated carbocycles. The first-order valence-corrected chi connectivity index (χ1v) is 10.7. The van der Waals surface area contributed by atoms with Gasteiger partial charge < -0.3 is 15.2 Å². The summed E-state index contributed by atoms with van der Waals surface area (Å²) in [5.74, 6) is -1.77. The summed E-state index contributed by atoms with van der Waals surface area (Å²) < 4.78 is 19.6. The lowest BCUT2D eigenvalue weighted by molar-refractivity contribution is 0.0342. The molecule has 4 rings (SSSR count). The second-order valence-corrected chi connectivity index (χ2v) is 7.89. The third-order valence-electron chi connectivity index (χ3n) is 5.48. The molecule has 0 aliphatic carbocycles. The summed E-state index contributed by atoms with van der Waals surface area (Å²) in [7, 11) is 0. The van der Waals surface area contributed by atoms with Crippen LogP contribution >= 0.6 is 0 Å². The van der Waals surface area contributed by atoms with E-state index in [1.54, 1.807) is 0 Å². The van der Waals surface area contributed by atoms with Gasteiger partial charge in [-0.05, 0) is 28.8 Å². The van der Waals surface area contributed by atoms with Crippen molar-refractivity contribution in [3.63, 3.8) is 0 Å². The average molecular weight is 452 g/mol. The minimum atomic E-state index is -0.710. The summed E-state index contributed by atoms with van der Waals surface area (Å²) in [4.78, 5) is 31.2. The van der Waals surface area contributed by atoms with Gasteiger partial charge in [-0.15, -0.1) is 0 Å². The lowest BCUT2D eigenvalue weighted by Gasteiger charge is -2.26. The molecular weight excluding hydrogens is 427 g/mol. The highest BCUT2D eigenvalue weighted by Gasteiger charge is 2.18. The fourth-order valence-electron chi connectivity index (χ4n) is 3.59. The molecular formula is C24H25FN4O4. The molecule has 9 heteroatoms. The number of nitrogens with one attached hydrogen (secondary N) is 1. The molecule has 0 atom stereocenters. The van der Waals surface area contributed by atoms with Gasteiger partial charge in [-0.3, -0.25) is 19.1 Å². The number of hydrogen-bond donors (Lipinski definition) is 2. The molecule has 1 fully saturated rings. The number of aromatic hydroxyl groups is 1. The van der Waals surface area contributed by atoms with Gasteiger partial charge in [-0.25, -0.2) is 9.37 Å². The second kappa shape index (κ2) is 10.4. The van der Waals surface area contributed by atoms with Crippen LogP contribution in [-0.4, -0.2) is 51.8 Å². The summed E-state index contributed by atoms with van der Waals surface area (Å²) in [6.07, 6.45) is 1.25. The van der Waals surface area contributed by atoms with Crippen molar-refractivity contribution in [2.24, 2.45) is 0 Å². The Bertz CT molecular complexity index is 1160. The molecule has 3 aromatic rings. The number of halogens is 1. The van der Waals surface area contributed by atoms with Crippen LogP contribution in [0.3, 0.4) is 0 Å². The summed E-state index contributed by atoms with van der Waals surface area (Å²) in [6.45, 7) is 4.48. The van der Waals surface area contributed by atoms with Crippen molar-refractivity contribution in [2.75, 3.05) is 26.3 Å². The van der Waals surface area contributed by atoms with E-state index in [0.717, 1.165) is 38.4 Å². The van der Waals surface area contributed by atoms with Crippen LogP contribution in [0.1, 0.15) is 27.2 Å². The minimum absolute atomic E-state index is 0.111. The molecule has 1 amide bonds. The third-order valence-corrected chi connectivity index (χ3v) is 5.48. The Kier molecular flexibility index (Phi) is 7.11. The predicted molar refractivity (Wildman–Crippen MR) is 119 cm³/mol. The van der Waals surface area contributed by atoms with E-state index in [0.29, 0.717) is 5.56 Å². The Hall–Kier alpha value is -3.56. The van der Waals surface area contributed by atoms with Gasteiger partial charge in [-0.2, -0.15) is 0 Å². The largest absolute Gasteiger partial charge is 0.501 e. The second-order valence-electron chi connectivity index (χ2n) is 7.89. The highest BCUT2D eigenvalue weighted by molar-refractivity contribution is 5.94. The Morgan fingerprint density at radius 1 is 1.00 bits per heavy atom. The van der Waals surface area contributed by atoms with Gasteiger partial charge in [0.15, 0.2) is 5.69 Å². The van der Waals surface area contributed by atoms with E-state index in [-0.39, 0.29) is 24.6 Å². The zero-order valence-corrected chi connectivity index (χ0v) is 18.0. The molecule has 8 nitrogen and oxygen atoms in total. The maximum Gasteiger partial charge on any atom is 0.296 e. The number of amides is 1. The van der Waals surface area contributed by atoms with Crippen molar-refractivity contribution < 1.29 is 19.0 Å². The lowest BCUT2D eigenvalue weighted by Crippen LogP contribution is -2.35. The lowest BCUT2D eigenvalue weighted by atomic mass is 10.1. The molecule has 0 spiro atoms. The van der Waals surface area contributed by atoms with Crippen molar-refractivity contribution in [1.29, 1.82) is 0 Å². The number of hydrogen-bond acceptors (Lipinski definition) is 6. The number of morpholine rings is 1. The van der Waals surface area contributed by atoms with Crippen molar-refractivity contribution in [1.82, 2.24) is 19.8 Å².